The summed E-state index contributed by atoms with van der Waals surface area (Å²) < 4.78 is 30.6. The largest absolute Gasteiger partial charge is 0.494 e. The van der Waals surface area contributed by atoms with E-state index in [1.807, 2.05) is 75.4 Å². The fourth-order valence-corrected chi connectivity index (χ4v) is 5.01. The Bertz CT molecular complexity index is 764. The van der Waals surface area contributed by atoms with E-state index in [1.165, 1.54) is 0 Å². The lowest BCUT2D eigenvalue weighted by molar-refractivity contribution is 0.0387. The first kappa shape index (κ1) is 19.0. The maximum Gasteiger partial charge on any atom is 0.357 e. The van der Waals surface area contributed by atoms with E-state index in [0.29, 0.717) is 19.8 Å². The van der Waals surface area contributed by atoms with Crippen molar-refractivity contribution in [2.45, 2.75) is 26.6 Å². The van der Waals surface area contributed by atoms with Crippen LogP contribution >= 0.6 is 7.60 Å². The normalized spacial score (nSPS) is 19.5. The van der Waals surface area contributed by atoms with Crippen LogP contribution in [0.3, 0.4) is 0 Å². The molecule has 0 bridgehead atoms. The summed E-state index contributed by atoms with van der Waals surface area (Å²) in [5, 5.41) is 3.34. The monoisotopic (exact) mass is 375 g/mol. The summed E-state index contributed by atoms with van der Waals surface area (Å²) in [6.45, 7) is 7.39. The third-order valence-electron chi connectivity index (χ3n) is 4.15. The molecule has 0 amide bonds. The van der Waals surface area contributed by atoms with Gasteiger partial charge in [-0.15, -0.1) is 0 Å². The van der Waals surface area contributed by atoms with Crippen LogP contribution < -0.4 is 10.1 Å². The number of rotatable bonds is 6. The molecule has 3 rings (SSSR count). The number of nitrogens with one attached hydrogen (secondary N) is 1. The highest BCUT2D eigenvalue weighted by molar-refractivity contribution is 7.54. The average Bonchev–Trinajstić information content (AvgIpc) is 2.64. The van der Waals surface area contributed by atoms with Crippen molar-refractivity contribution in [1.82, 2.24) is 0 Å². The lowest BCUT2D eigenvalue weighted by Crippen LogP contribution is -2.31. The summed E-state index contributed by atoms with van der Waals surface area (Å²) in [7, 11) is -3.37. The molecule has 6 heteroatoms. The zero-order valence-corrected chi connectivity index (χ0v) is 16.4. The molecule has 0 spiro atoms. The fraction of sp³-hybridized carbons (Fsp3) is 0.400. The molecule has 0 aromatic heterocycles. The van der Waals surface area contributed by atoms with Gasteiger partial charge in [-0.1, -0.05) is 50.2 Å². The molecule has 1 aliphatic rings. The van der Waals surface area contributed by atoms with Crippen molar-refractivity contribution in [3.8, 4) is 5.75 Å². The predicted octanol–water partition coefficient (Wildman–Crippen LogP) is 5.46. The van der Waals surface area contributed by atoms with Crippen molar-refractivity contribution >= 4 is 13.3 Å². The first-order valence-corrected chi connectivity index (χ1v) is 10.5. The van der Waals surface area contributed by atoms with E-state index in [0.717, 1.165) is 17.0 Å². The van der Waals surface area contributed by atoms with Gasteiger partial charge in [0.25, 0.3) is 0 Å². The van der Waals surface area contributed by atoms with E-state index in [9.17, 15) is 4.57 Å². The quantitative estimate of drug-likeness (QED) is 0.679. The van der Waals surface area contributed by atoms with Crippen molar-refractivity contribution < 1.29 is 18.3 Å². The molecular formula is C20H26NO4P. The van der Waals surface area contributed by atoms with Crippen LogP contribution in [-0.2, 0) is 13.6 Å². The lowest BCUT2D eigenvalue weighted by Gasteiger charge is -2.38. The molecule has 1 saturated heterocycles. The van der Waals surface area contributed by atoms with Gasteiger partial charge in [0.05, 0.1) is 19.8 Å². The molecule has 1 aliphatic heterocycles. The second kappa shape index (κ2) is 7.83. The van der Waals surface area contributed by atoms with E-state index < -0.39 is 13.4 Å². The van der Waals surface area contributed by atoms with E-state index >= 15 is 0 Å². The standard InChI is InChI=1S/C20H26NO4P/c1-4-23-18-12-8-11-17(13-18)21-19(16-9-6-5-7-10-16)26(22)24-14-20(2,3)15-25-26/h5-13,19,21H,4,14-15H2,1-3H3/t19-/m1/s1. The predicted molar refractivity (Wildman–Crippen MR) is 104 cm³/mol. The smallest absolute Gasteiger partial charge is 0.357 e. The van der Waals surface area contributed by atoms with Crippen LogP contribution in [0, 0.1) is 5.41 Å². The Morgan fingerprint density at radius 3 is 2.46 bits per heavy atom. The minimum Gasteiger partial charge on any atom is -0.494 e. The van der Waals surface area contributed by atoms with Crippen LogP contribution in [0.2, 0.25) is 0 Å². The molecule has 1 N–H and O–H groups in total. The van der Waals surface area contributed by atoms with Gasteiger partial charge in [0, 0.05) is 17.2 Å². The first-order valence-electron chi connectivity index (χ1n) is 8.85. The van der Waals surface area contributed by atoms with Gasteiger partial charge in [-0.2, -0.15) is 0 Å². The van der Waals surface area contributed by atoms with Gasteiger partial charge in [0.1, 0.15) is 5.75 Å². The van der Waals surface area contributed by atoms with E-state index in [-0.39, 0.29) is 5.41 Å². The molecule has 2 aromatic rings. The molecular weight excluding hydrogens is 349 g/mol. The highest BCUT2D eigenvalue weighted by atomic mass is 31.2. The highest BCUT2D eigenvalue weighted by Crippen LogP contribution is 2.63. The van der Waals surface area contributed by atoms with Crippen molar-refractivity contribution in [2.24, 2.45) is 5.41 Å². The zero-order chi connectivity index (χ0) is 18.6. The molecule has 0 aliphatic carbocycles. The number of anilines is 1. The highest BCUT2D eigenvalue weighted by Gasteiger charge is 2.43. The molecule has 0 radical (unpaired) electrons. The number of ether oxygens (including phenoxy) is 1. The van der Waals surface area contributed by atoms with Crippen LogP contribution in [0.5, 0.6) is 5.75 Å². The number of hydrogen-bond donors (Lipinski definition) is 1. The Morgan fingerprint density at radius 1 is 1.12 bits per heavy atom. The van der Waals surface area contributed by atoms with Crippen molar-refractivity contribution in [2.75, 3.05) is 25.1 Å². The Hall–Kier alpha value is -1.81. The van der Waals surface area contributed by atoms with Gasteiger partial charge >= 0.3 is 7.60 Å². The molecule has 1 fully saturated rings. The van der Waals surface area contributed by atoms with Crippen molar-refractivity contribution in [1.29, 1.82) is 0 Å². The second-order valence-corrected chi connectivity index (χ2v) is 9.28. The molecule has 0 unspecified atom stereocenters. The molecule has 0 saturated carbocycles. The first-order chi connectivity index (χ1) is 12.4. The van der Waals surface area contributed by atoms with Gasteiger partial charge in [-0.3, -0.25) is 4.57 Å². The SMILES string of the molecule is CCOc1cccc(N[C@@H](c2ccccc2)P2(=O)OCC(C)(C)CO2)c1. The Labute approximate surface area is 155 Å². The van der Waals surface area contributed by atoms with Gasteiger partial charge in [-0.05, 0) is 24.6 Å². The minimum absolute atomic E-state index is 0.149. The zero-order valence-electron chi connectivity index (χ0n) is 15.5. The maximum absolute atomic E-state index is 13.5. The third-order valence-corrected chi connectivity index (χ3v) is 6.19. The fourth-order valence-electron chi connectivity index (χ4n) is 2.74. The Morgan fingerprint density at radius 2 is 1.81 bits per heavy atom. The summed E-state index contributed by atoms with van der Waals surface area (Å²) in [6, 6.07) is 17.2. The van der Waals surface area contributed by atoms with Gasteiger partial charge < -0.3 is 19.1 Å². The van der Waals surface area contributed by atoms with Gasteiger partial charge in [0.2, 0.25) is 0 Å². The summed E-state index contributed by atoms with van der Waals surface area (Å²) in [5.74, 6) is 0.172. The maximum atomic E-state index is 13.5. The van der Waals surface area contributed by atoms with Crippen LogP contribution in [-0.4, -0.2) is 19.8 Å². The van der Waals surface area contributed by atoms with Crippen LogP contribution in [0.25, 0.3) is 0 Å². The topological polar surface area (TPSA) is 56.8 Å². The molecule has 1 atom stereocenters. The molecule has 1 heterocycles. The van der Waals surface area contributed by atoms with Crippen molar-refractivity contribution in [3.05, 3.63) is 60.2 Å². The van der Waals surface area contributed by atoms with E-state index in [1.54, 1.807) is 0 Å². The second-order valence-electron chi connectivity index (χ2n) is 7.17. The van der Waals surface area contributed by atoms with E-state index in [4.69, 9.17) is 13.8 Å². The lowest BCUT2D eigenvalue weighted by atomic mass is 9.97. The average molecular weight is 375 g/mol. The summed E-state index contributed by atoms with van der Waals surface area (Å²) in [4.78, 5) is 0. The Kier molecular flexibility index (Phi) is 5.71. The van der Waals surface area contributed by atoms with Crippen LogP contribution in [0.4, 0.5) is 5.69 Å². The number of benzene rings is 2. The summed E-state index contributed by atoms with van der Waals surface area (Å²) in [6.07, 6.45) is 0. The van der Waals surface area contributed by atoms with Gasteiger partial charge in [-0.25, -0.2) is 0 Å². The van der Waals surface area contributed by atoms with Gasteiger partial charge in [0.15, 0.2) is 5.78 Å². The molecule has 5 nitrogen and oxygen atoms in total. The number of hydrogen-bond acceptors (Lipinski definition) is 5. The van der Waals surface area contributed by atoms with E-state index in [2.05, 4.69) is 5.32 Å². The molecule has 140 valence electrons. The minimum atomic E-state index is -3.37. The van der Waals surface area contributed by atoms with Crippen LogP contribution in [0.15, 0.2) is 54.6 Å². The Balaban J connectivity index is 1.90. The molecule has 26 heavy (non-hydrogen) atoms. The molecule has 2 aromatic carbocycles. The third kappa shape index (κ3) is 4.47. The van der Waals surface area contributed by atoms with Crippen LogP contribution in [0.1, 0.15) is 32.1 Å². The summed E-state index contributed by atoms with van der Waals surface area (Å²) >= 11 is 0. The summed E-state index contributed by atoms with van der Waals surface area (Å²) in [5.41, 5.74) is 1.51. The van der Waals surface area contributed by atoms with Crippen molar-refractivity contribution in [3.63, 3.8) is 0 Å².